The number of hydrogen-bond acceptors (Lipinski definition) is 8. The lowest BCUT2D eigenvalue weighted by atomic mass is 9.94. The molecule has 0 radical (unpaired) electrons. The number of unbranched alkanes of at least 4 members (excludes halogenated alkanes) is 10. The Morgan fingerprint density at radius 1 is 0.545 bits per heavy atom. The lowest BCUT2D eigenvalue weighted by molar-refractivity contribution is -0.146. The second kappa shape index (κ2) is 20.6. The van der Waals surface area contributed by atoms with Crippen LogP contribution in [0.15, 0.2) is 48.5 Å². The van der Waals surface area contributed by atoms with Crippen LogP contribution in [-0.4, -0.2) is 36.7 Å². The van der Waals surface area contributed by atoms with Crippen LogP contribution in [0.5, 0.6) is 0 Å². The molecular weight excluding hydrogens is 556 g/mol. The zero-order chi connectivity index (χ0) is 32.2. The maximum Gasteiger partial charge on any atom is 0.331 e. The standard InChI is InChI=1S/C36H44N2O6/c1-3-5-7-9-11-13-23-43-35(41)31(25-37)33(39)29-19-15-27(16-20-29)28-17-21-30(22-18-28)34(40)32(26-38)36(42)44-24-14-12-10-8-6-4-2/h15-22,31-32H,3-14,23-24H2,1-2H3. The van der Waals surface area contributed by atoms with Crippen molar-refractivity contribution < 1.29 is 28.7 Å². The number of ether oxygens (including phenoxy) is 2. The van der Waals surface area contributed by atoms with E-state index in [2.05, 4.69) is 13.8 Å². The number of esters is 2. The summed E-state index contributed by atoms with van der Waals surface area (Å²) in [5.41, 5.74) is 1.88. The largest absolute Gasteiger partial charge is 0.464 e. The molecule has 2 aromatic rings. The summed E-state index contributed by atoms with van der Waals surface area (Å²) in [4.78, 5) is 50.5. The lowest BCUT2D eigenvalue weighted by Crippen LogP contribution is -2.25. The molecule has 0 aliphatic rings. The van der Waals surface area contributed by atoms with Gasteiger partial charge in [0, 0.05) is 11.1 Å². The number of Topliss-reactive ketones (excluding diaryl/α,β-unsaturated/α-hetero) is 2. The fourth-order valence-corrected chi connectivity index (χ4v) is 4.70. The highest BCUT2D eigenvalue weighted by molar-refractivity contribution is 6.11. The topological polar surface area (TPSA) is 134 Å². The Hall–Kier alpha value is -4.30. The minimum Gasteiger partial charge on any atom is -0.464 e. The van der Waals surface area contributed by atoms with Gasteiger partial charge in [0.25, 0.3) is 0 Å². The highest BCUT2D eigenvalue weighted by Gasteiger charge is 2.30. The van der Waals surface area contributed by atoms with E-state index in [1.54, 1.807) is 36.4 Å². The van der Waals surface area contributed by atoms with Crippen molar-refractivity contribution in [2.45, 2.75) is 90.9 Å². The van der Waals surface area contributed by atoms with Crippen molar-refractivity contribution in [3.63, 3.8) is 0 Å². The van der Waals surface area contributed by atoms with Gasteiger partial charge in [0.1, 0.15) is 0 Å². The van der Waals surface area contributed by atoms with Crippen LogP contribution in [0.2, 0.25) is 0 Å². The average Bonchev–Trinajstić information content (AvgIpc) is 3.04. The third-order valence-corrected chi connectivity index (χ3v) is 7.41. The van der Waals surface area contributed by atoms with E-state index in [0.29, 0.717) is 12.8 Å². The molecule has 0 bridgehead atoms. The van der Waals surface area contributed by atoms with Crippen LogP contribution < -0.4 is 0 Å². The third kappa shape index (κ3) is 11.8. The summed E-state index contributed by atoms with van der Waals surface area (Å²) in [6.45, 7) is 4.65. The van der Waals surface area contributed by atoms with Crippen molar-refractivity contribution in [3.8, 4) is 23.3 Å². The van der Waals surface area contributed by atoms with E-state index in [1.165, 1.54) is 37.1 Å². The Morgan fingerprint density at radius 2 is 0.864 bits per heavy atom. The first kappa shape index (κ1) is 35.9. The minimum absolute atomic E-state index is 0.184. The van der Waals surface area contributed by atoms with Gasteiger partial charge in [-0.1, -0.05) is 127 Å². The van der Waals surface area contributed by atoms with Gasteiger partial charge in [-0.2, -0.15) is 10.5 Å². The van der Waals surface area contributed by atoms with Crippen LogP contribution in [0.1, 0.15) is 112 Å². The molecule has 0 aromatic heterocycles. The van der Waals surface area contributed by atoms with Gasteiger partial charge < -0.3 is 9.47 Å². The maximum absolute atomic E-state index is 12.9. The van der Waals surface area contributed by atoms with E-state index in [4.69, 9.17) is 9.47 Å². The number of ketones is 2. The predicted molar refractivity (Wildman–Crippen MR) is 167 cm³/mol. The number of carbonyl (C=O) groups excluding carboxylic acids is 4. The molecule has 0 aliphatic heterocycles. The smallest absolute Gasteiger partial charge is 0.331 e. The van der Waals surface area contributed by atoms with Gasteiger partial charge >= 0.3 is 11.9 Å². The van der Waals surface area contributed by atoms with Gasteiger partial charge in [-0.25, -0.2) is 0 Å². The Labute approximate surface area is 261 Å². The molecule has 234 valence electrons. The second-order valence-corrected chi connectivity index (χ2v) is 10.9. The molecular formula is C36H44N2O6. The number of nitriles is 2. The van der Waals surface area contributed by atoms with Crippen LogP contribution in [0.3, 0.4) is 0 Å². The molecule has 0 amide bonds. The van der Waals surface area contributed by atoms with E-state index in [9.17, 15) is 29.7 Å². The van der Waals surface area contributed by atoms with Gasteiger partial charge in [-0.15, -0.1) is 0 Å². The quantitative estimate of drug-likeness (QED) is 0.0613. The number of hydrogen-bond donors (Lipinski definition) is 0. The van der Waals surface area contributed by atoms with Gasteiger partial charge in [0.15, 0.2) is 11.6 Å². The third-order valence-electron chi connectivity index (χ3n) is 7.41. The van der Waals surface area contributed by atoms with Gasteiger partial charge in [-0.3, -0.25) is 19.2 Å². The molecule has 44 heavy (non-hydrogen) atoms. The van der Waals surface area contributed by atoms with Crippen molar-refractivity contribution in [3.05, 3.63) is 59.7 Å². The van der Waals surface area contributed by atoms with E-state index >= 15 is 0 Å². The van der Waals surface area contributed by atoms with Crippen LogP contribution in [0.25, 0.3) is 11.1 Å². The van der Waals surface area contributed by atoms with Gasteiger partial charge in [0.2, 0.25) is 11.8 Å². The summed E-state index contributed by atoms with van der Waals surface area (Å²) in [5.74, 6) is -5.99. The van der Waals surface area contributed by atoms with Crippen LogP contribution in [0, 0.1) is 34.5 Å². The number of nitrogens with zero attached hydrogens (tertiary/aromatic N) is 2. The Morgan fingerprint density at radius 3 is 1.18 bits per heavy atom. The van der Waals surface area contributed by atoms with E-state index in [0.717, 1.165) is 62.5 Å². The summed E-state index contributed by atoms with van der Waals surface area (Å²) >= 11 is 0. The normalized spacial score (nSPS) is 11.9. The maximum atomic E-state index is 12.9. The first-order chi connectivity index (χ1) is 21.4. The Bertz CT molecular complexity index is 1190. The molecule has 8 nitrogen and oxygen atoms in total. The Balaban J connectivity index is 1.92. The summed E-state index contributed by atoms with van der Waals surface area (Å²) in [6, 6.07) is 16.4. The van der Waals surface area contributed by atoms with E-state index in [-0.39, 0.29) is 24.3 Å². The van der Waals surface area contributed by atoms with Crippen LogP contribution in [-0.2, 0) is 19.1 Å². The summed E-state index contributed by atoms with van der Waals surface area (Å²) < 4.78 is 10.4. The first-order valence-corrected chi connectivity index (χ1v) is 15.8. The number of benzene rings is 2. The average molecular weight is 601 g/mol. The molecule has 2 rings (SSSR count). The molecule has 0 saturated heterocycles. The molecule has 0 fully saturated rings. The van der Waals surface area contributed by atoms with Crippen molar-refractivity contribution in [2.75, 3.05) is 13.2 Å². The van der Waals surface area contributed by atoms with Crippen molar-refractivity contribution >= 4 is 23.5 Å². The molecule has 2 atom stereocenters. The molecule has 0 heterocycles. The monoisotopic (exact) mass is 600 g/mol. The summed E-state index contributed by atoms with van der Waals surface area (Å²) in [5, 5.41) is 18.9. The highest BCUT2D eigenvalue weighted by Crippen LogP contribution is 2.23. The second-order valence-electron chi connectivity index (χ2n) is 10.9. The molecule has 0 aliphatic carbocycles. The lowest BCUT2D eigenvalue weighted by Gasteiger charge is -2.11. The Kier molecular flexibility index (Phi) is 16.8. The van der Waals surface area contributed by atoms with Crippen molar-refractivity contribution in [1.29, 1.82) is 10.5 Å². The molecule has 0 spiro atoms. The zero-order valence-corrected chi connectivity index (χ0v) is 26.0. The SMILES string of the molecule is CCCCCCCCOC(=O)C(C#N)C(=O)c1ccc(-c2ccc(C(=O)C(C#N)C(=O)OCCCCCCCC)cc2)cc1. The van der Waals surface area contributed by atoms with Crippen molar-refractivity contribution in [1.82, 2.24) is 0 Å². The van der Waals surface area contributed by atoms with Crippen LogP contribution >= 0.6 is 0 Å². The zero-order valence-electron chi connectivity index (χ0n) is 26.0. The molecule has 0 N–H and O–H groups in total. The minimum atomic E-state index is -1.53. The highest BCUT2D eigenvalue weighted by atomic mass is 16.5. The summed E-state index contributed by atoms with van der Waals surface area (Å²) in [6.07, 6.45) is 12.3. The number of rotatable bonds is 21. The van der Waals surface area contributed by atoms with E-state index < -0.39 is 35.3 Å². The summed E-state index contributed by atoms with van der Waals surface area (Å²) in [7, 11) is 0. The van der Waals surface area contributed by atoms with Gasteiger partial charge in [-0.05, 0) is 24.0 Å². The van der Waals surface area contributed by atoms with Crippen LogP contribution in [0.4, 0.5) is 0 Å². The molecule has 2 unspecified atom stereocenters. The first-order valence-electron chi connectivity index (χ1n) is 15.8. The van der Waals surface area contributed by atoms with Crippen molar-refractivity contribution in [2.24, 2.45) is 11.8 Å². The predicted octanol–water partition coefficient (Wildman–Crippen LogP) is 7.81. The number of carbonyl (C=O) groups is 4. The van der Waals surface area contributed by atoms with E-state index in [1.807, 2.05) is 0 Å². The fourth-order valence-electron chi connectivity index (χ4n) is 4.70. The fraction of sp³-hybridized carbons (Fsp3) is 0.500. The molecule has 8 heteroatoms. The molecule has 0 saturated carbocycles. The molecule has 2 aromatic carbocycles. The van der Waals surface area contributed by atoms with Gasteiger partial charge in [0.05, 0.1) is 25.4 Å².